The molecule has 1 aliphatic rings. The molecule has 24 heavy (non-hydrogen) atoms. The van der Waals surface area contributed by atoms with Crippen molar-refractivity contribution in [3.05, 3.63) is 35.6 Å². The first-order valence-corrected chi connectivity index (χ1v) is 9.01. The van der Waals surface area contributed by atoms with E-state index in [4.69, 9.17) is 0 Å². The van der Waals surface area contributed by atoms with Gasteiger partial charge in [-0.15, -0.1) is 0 Å². The Labute approximate surface area is 144 Å². The van der Waals surface area contributed by atoms with Crippen molar-refractivity contribution in [1.29, 1.82) is 0 Å². The molecule has 5 heteroatoms. The van der Waals surface area contributed by atoms with Crippen LogP contribution in [-0.4, -0.2) is 37.1 Å². The van der Waals surface area contributed by atoms with Crippen LogP contribution in [0.5, 0.6) is 0 Å². The van der Waals surface area contributed by atoms with Crippen molar-refractivity contribution in [1.82, 2.24) is 15.5 Å². The summed E-state index contributed by atoms with van der Waals surface area (Å²) < 4.78 is 13.0. The van der Waals surface area contributed by atoms with E-state index in [0.29, 0.717) is 13.1 Å². The molecule has 1 heterocycles. The Bertz CT molecular complexity index is 513. The largest absolute Gasteiger partial charge is 0.338 e. The number of rotatable bonds is 7. The van der Waals surface area contributed by atoms with E-state index >= 15 is 0 Å². The first kappa shape index (κ1) is 18.7. The summed E-state index contributed by atoms with van der Waals surface area (Å²) in [6.45, 7) is 9.18. The number of halogens is 1. The van der Waals surface area contributed by atoms with Crippen LogP contribution < -0.4 is 10.6 Å². The van der Waals surface area contributed by atoms with Crippen LogP contribution in [0.25, 0.3) is 0 Å². The quantitative estimate of drug-likeness (QED) is 0.750. The van der Waals surface area contributed by atoms with Crippen LogP contribution >= 0.6 is 0 Å². The molecule has 134 valence electrons. The average Bonchev–Trinajstić information content (AvgIpc) is 2.52. The third-order valence-electron chi connectivity index (χ3n) is 4.47. The van der Waals surface area contributed by atoms with Crippen molar-refractivity contribution < 1.29 is 9.18 Å². The highest BCUT2D eigenvalue weighted by Gasteiger charge is 2.20. The molecule has 2 amide bonds. The second kappa shape index (κ2) is 9.62. The topological polar surface area (TPSA) is 44.4 Å². The van der Waals surface area contributed by atoms with Crippen LogP contribution in [0.3, 0.4) is 0 Å². The molecule has 2 N–H and O–H groups in total. The number of unbranched alkanes of at least 4 members (excludes halogenated alkanes) is 1. The summed E-state index contributed by atoms with van der Waals surface area (Å²) in [6, 6.07) is 6.07. The van der Waals surface area contributed by atoms with Gasteiger partial charge in [0.1, 0.15) is 5.82 Å². The third-order valence-corrected chi connectivity index (χ3v) is 4.47. The van der Waals surface area contributed by atoms with Gasteiger partial charge in [0.15, 0.2) is 0 Å². The molecule has 0 radical (unpaired) electrons. The fraction of sp³-hybridized carbons (Fsp3) is 0.632. The molecular formula is C19H30FN3O. The van der Waals surface area contributed by atoms with Crippen LogP contribution in [0.2, 0.25) is 0 Å². The Morgan fingerprint density at radius 2 is 1.96 bits per heavy atom. The van der Waals surface area contributed by atoms with Gasteiger partial charge in [-0.1, -0.05) is 26.0 Å². The molecule has 0 bridgehead atoms. The van der Waals surface area contributed by atoms with Gasteiger partial charge in [0.25, 0.3) is 0 Å². The summed E-state index contributed by atoms with van der Waals surface area (Å²) in [6.07, 6.45) is 3.42. The molecule has 0 aromatic heterocycles. The second-order valence-corrected chi connectivity index (χ2v) is 7.15. The zero-order valence-corrected chi connectivity index (χ0v) is 14.9. The molecule has 2 rings (SSSR count). The predicted octanol–water partition coefficient (Wildman–Crippen LogP) is 3.38. The number of likely N-dealkylation sites (tertiary alicyclic amines) is 1. The lowest BCUT2D eigenvalue weighted by atomic mass is 9.92. The number of urea groups is 1. The average molecular weight is 335 g/mol. The Kier molecular flexibility index (Phi) is 7.50. The number of nitrogens with one attached hydrogen (secondary N) is 2. The van der Waals surface area contributed by atoms with Crippen molar-refractivity contribution in [2.24, 2.45) is 11.8 Å². The first-order chi connectivity index (χ1) is 11.5. The van der Waals surface area contributed by atoms with Gasteiger partial charge in [-0.2, -0.15) is 0 Å². The highest BCUT2D eigenvalue weighted by molar-refractivity contribution is 5.73. The number of piperidine rings is 1. The molecule has 0 saturated carbocycles. The van der Waals surface area contributed by atoms with E-state index in [2.05, 4.69) is 29.4 Å². The molecule has 2 atom stereocenters. The number of carbonyl (C=O) groups excluding carboxylic acids is 1. The Morgan fingerprint density at radius 1 is 1.21 bits per heavy atom. The Hall–Kier alpha value is -1.62. The molecule has 1 aliphatic heterocycles. The lowest BCUT2D eigenvalue weighted by Crippen LogP contribution is -2.39. The predicted molar refractivity (Wildman–Crippen MR) is 95.3 cm³/mol. The van der Waals surface area contributed by atoms with E-state index in [1.54, 1.807) is 12.1 Å². The standard InChI is InChI=1S/C19H30FN3O/c1-15-10-16(2)14-23(13-15)9-4-3-8-21-19(24)22-12-17-6-5-7-18(20)11-17/h5-7,11,15-16H,3-4,8-10,12-14H2,1-2H3,(H2,21,22,24)/t15-,16+. The zero-order chi connectivity index (χ0) is 17.4. The molecule has 0 spiro atoms. The maximum atomic E-state index is 13.0. The second-order valence-electron chi connectivity index (χ2n) is 7.15. The van der Waals surface area contributed by atoms with Crippen molar-refractivity contribution in [2.45, 2.75) is 39.7 Å². The van der Waals surface area contributed by atoms with Crippen molar-refractivity contribution in [2.75, 3.05) is 26.2 Å². The smallest absolute Gasteiger partial charge is 0.315 e. The minimum Gasteiger partial charge on any atom is -0.338 e. The molecule has 1 saturated heterocycles. The maximum Gasteiger partial charge on any atom is 0.315 e. The Morgan fingerprint density at radius 3 is 2.67 bits per heavy atom. The van der Waals surface area contributed by atoms with Gasteiger partial charge < -0.3 is 15.5 Å². The lowest BCUT2D eigenvalue weighted by molar-refractivity contribution is 0.139. The molecular weight excluding hydrogens is 305 g/mol. The molecule has 1 aromatic carbocycles. The van der Waals surface area contributed by atoms with Crippen LogP contribution in [0, 0.1) is 17.7 Å². The summed E-state index contributed by atoms with van der Waals surface area (Å²) in [5.74, 6) is 1.30. The van der Waals surface area contributed by atoms with E-state index < -0.39 is 0 Å². The van der Waals surface area contributed by atoms with Gasteiger partial charge in [0, 0.05) is 26.2 Å². The van der Waals surface area contributed by atoms with Gasteiger partial charge in [-0.25, -0.2) is 9.18 Å². The number of carbonyl (C=O) groups is 1. The zero-order valence-electron chi connectivity index (χ0n) is 14.9. The molecule has 1 aromatic rings. The summed E-state index contributed by atoms with van der Waals surface area (Å²) >= 11 is 0. The summed E-state index contributed by atoms with van der Waals surface area (Å²) in [7, 11) is 0. The molecule has 0 aliphatic carbocycles. The van der Waals surface area contributed by atoms with Crippen LogP contribution in [0.4, 0.5) is 9.18 Å². The number of nitrogens with zero attached hydrogens (tertiary/aromatic N) is 1. The van der Waals surface area contributed by atoms with Gasteiger partial charge in [-0.3, -0.25) is 0 Å². The van der Waals surface area contributed by atoms with Gasteiger partial charge in [0.2, 0.25) is 0 Å². The molecule has 1 fully saturated rings. The summed E-state index contributed by atoms with van der Waals surface area (Å²) in [5.41, 5.74) is 0.762. The van der Waals surface area contributed by atoms with Crippen LogP contribution in [-0.2, 0) is 6.54 Å². The fourth-order valence-electron chi connectivity index (χ4n) is 3.53. The minimum absolute atomic E-state index is 0.195. The van der Waals surface area contributed by atoms with Crippen molar-refractivity contribution >= 4 is 6.03 Å². The van der Waals surface area contributed by atoms with E-state index in [1.165, 1.54) is 31.6 Å². The van der Waals surface area contributed by atoms with E-state index in [0.717, 1.165) is 36.8 Å². The van der Waals surface area contributed by atoms with Crippen molar-refractivity contribution in [3.63, 3.8) is 0 Å². The Balaban J connectivity index is 1.53. The van der Waals surface area contributed by atoms with Crippen LogP contribution in [0.15, 0.2) is 24.3 Å². The number of hydrogen-bond acceptors (Lipinski definition) is 2. The van der Waals surface area contributed by atoms with E-state index in [1.807, 2.05) is 0 Å². The monoisotopic (exact) mass is 335 g/mol. The number of benzene rings is 1. The molecule has 4 nitrogen and oxygen atoms in total. The van der Waals surface area contributed by atoms with Gasteiger partial charge >= 0.3 is 6.03 Å². The van der Waals surface area contributed by atoms with Crippen LogP contribution in [0.1, 0.15) is 38.7 Å². The normalized spacial score (nSPS) is 21.5. The van der Waals surface area contributed by atoms with Gasteiger partial charge in [0.05, 0.1) is 0 Å². The maximum absolute atomic E-state index is 13.0. The van der Waals surface area contributed by atoms with Crippen molar-refractivity contribution in [3.8, 4) is 0 Å². The molecule has 0 unspecified atom stereocenters. The number of hydrogen-bond donors (Lipinski definition) is 2. The van der Waals surface area contributed by atoms with E-state index in [-0.39, 0.29) is 11.8 Å². The lowest BCUT2D eigenvalue weighted by Gasteiger charge is -2.34. The van der Waals surface area contributed by atoms with E-state index in [9.17, 15) is 9.18 Å². The highest BCUT2D eigenvalue weighted by Crippen LogP contribution is 2.20. The van der Waals surface area contributed by atoms with Gasteiger partial charge in [-0.05, 0) is 55.3 Å². The SMILES string of the molecule is C[C@@H]1C[C@H](C)CN(CCCCNC(=O)NCc2cccc(F)c2)C1. The summed E-state index contributed by atoms with van der Waals surface area (Å²) in [4.78, 5) is 14.3. The fourth-order valence-corrected chi connectivity index (χ4v) is 3.53. The first-order valence-electron chi connectivity index (χ1n) is 9.01. The summed E-state index contributed by atoms with van der Waals surface area (Å²) in [5, 5.41) is 5.61. The third kappa shape index (κ3) is 6.87. The minimum atomic E-state index is -0.281. The number of amides is 2. The highest BCUT2D eigenvalue weighted by atomic mass is 19.1.